The monoisotopic (exact) mass is 418 g/mol. The molecule has 2 atom stereocenters. The summed E-state index contributed by atoms with van der Waals surface area (Å²) in [4.78, 5) is 42.2. The normalized spacial score (nSPS) is 13.7. The van der Waals surface area contributed by atoms with Crippen molar-refractivity contribution in [1.29, 1.82) is 0 Å². The van der Waals surface area contributed by atoms with E-state index in [1.807, 2.05) is 33.8 Å². The predicted molar refractivity (Wildman–Crippen MR) is 119 cm³/mol. The van der Waals surface area contributed by atoms with Gasteiger partial charge in [0.2, 0.25) is 5.91 Å². The van der Waals surface area contributed by atoms with Gasteiger partial charge < -0.3 is 14.5 Å². The summed E-state index contributed by atoms with van der Waals surface area (Å²) in [6.45, 7) is 13.2. The summed E-state index contributed by atoms with van der Waals surface area (Å²) in [6.07, 6.45) is 0.497. The van der Waals surface area contributed by atoms with Crippen molar-refractivity contribution < 1.29 is 19.1 Å². The molecule has 0 unspecified atom stereocenters. The van der Waals surface area contributed by atoms with E-state index in [0.29, 0.717) is 12.0 Å². The van der Waals surface area contributed by atoms with Gasteiger partial charge in [-0.3, -0.25) is 9.59 Å². The molecule has 1 aromatic carbocycles. The number of hydrogen-bond acceptors (Lipinski definition) is 4. The minimum absolute atomic E-state index is 0.136. The molecule has 1 aromatic rings. The smallest absolute Gasteiger partial charge is 0.329 e. The summed E-state index contributed by atoms with van der Waals surface area (Å²) in [5.41, 5.74) is -0.123. The van der Waals surface area contributed by atoms with Gasteiger partial charge in [0, 0.05) is 19.7 Å². The van der Waals surface area contributed by atoms with Crippen molar-refractivity contribution in [3.8, 4) is 0 Å². The number of benzene rings is 1. The van der Waals surface area contributed by atoms with Crippen molar-refractivity contribution in [2.24, 2.45) is 11.8 Å². The number of likely N-dealkylation sites (N-methyl/N-ethyl adjacent to an activating group) is 2. The Labute approximate surface area is 181 Å². The molecule has 6 heteroatoms. The quantitative estimate of drug-likeness (QED) is 0.599. The van der Waals surface area contributed by atoms with Crippen LogP contribution in [0.3, 0.4) is 0 Å². The lowest BCUT2D eigenvalue weighted by Gasteiger charge is -2.37. The molecule has 168 valence electrons. The second-order valence-corrected chi connectivity index (χ2v) is 9.60. The third-order valence-electron chi connectivity index (χ3n) is 4.83. The van der Waals surface area contributed by atoms with E-state index in [4.69, 9.17) is 4.74 Å². The lowest BCUT2D eigenvalue weighted by atomic mass is 9.97. The Kier molecular flexibility index (Phi) is 9.07. The van der Waals surface area contributed by atoms with Crippen LogP contribution in [-0.4, -0.2) is 59.4 Å². The highest BCUT2D eigenvalue weighted by Gasteiger charge is 2.38. The first-order chi connectivity index (χ1) is 13.8. The fourth-order valence-electron chi connectivity index (χ4n) is 3.41. The third kappa shape index (κ3) is 7.15. The van der Waals surface area contributed by atoms with Gasteiger partial charge in [-0.1, -0.05) is 45.9 Å². The largest absolute Gasteiger partial charge is 0.458 e. The van der Waals surface area contributed by atoms with Crippen LogP contribution in [0.1, 0.15) is 65.2 Å². The topological polar surface area (TPSA) is 66.9 Å². The molecular weight excluding hydrogens is 380 g/mol. The third-order valence-corrected chi connectivity index (χ3v) is 4.83. The summed E-state index contributed by atoms with van der Waals surface area (Å²) in [5, 5.41) is 0. The molecule has 0 N–H and O–H groups in total. The first-order valence-corrected chi connectivity index (χ1v) is 10.6. The molecule has 0 spiro atoms. The minimum atomic E-state index is -0.730. The van der Waals surface area contributed by atoms with Crippen LogP contribution < -0.4 is 0 Å². The van der Waals surface area contributed by atoms with Crippen LogP contribution in [0.2, 0.25) is 0 Å². The van der Waals surface area contributed by atoms with E-state index in [0.717, 1.165) is 0 Å². The van der Waals surface area contributed by atoms with Crippen molar-refractivity contribution in [3.63, 3.8) is 0 Å². The molecule has 0 aliphatic rings. The average Bonchev–Trinajstić information content (AvgIpc) is 2.63. The molecule has 0 saturated carbocycles. The van der Waals surface area contributed by atoms with Gasteiger partial charge in [-0.2, -0.15) is 0 Å². The number of esters is 1. The summed E-state index contributed by atoms with van der Waals surface area (Å²) < 4.78 is 5.56. The number of hydrogen-bond donors (Lipinski definition) is 0. The van der Waals surface area contributed by atoms with Crippen molar-refractivity contribution in [2.75, 3.05) is 14.1 Å². The molecule has 0 heterocycles. The number of carbonyl (C=O) groups excluding carboxylic acids is 3. The Morgan fingerprint density at radius 3 is 1.90 bits per heavy atom. The van der Waals surface area contributed by atoms with Gasteiger partial charge in [-0.05, 0) is 51.2 Å². The van der Waals surface area contributed by atoms with E-state index in [2.05, 4.69) is 0 Å². The minimum Gasteiger partial charge on any atom is -0.458 e. The lowest BCUT2D eigenvalue weighted by Crippen LogP contribution is -2.55. The molecule has 6 nitrogen and oxygen atoms in total. The molecular formula is C24H38N2O4. The fourth-order valence-corrected chi connectivity index (χ4v) is 3.41. The van der Waals surface area contributed by atoms with E-state index in [1.54, 1.807) is 59.1 Å². The summed E-state index contributed by atoms with van der Waals surface area (Å²) in [5.74, 6) is -0.865. The maximum Gasteiger partial charge on any atom is 0.329 e. The zero-order valence-electron chi connectivity index (χ0n) is 19.9. The zero-order valence-corrected chi connectivity index (χ0v) is 19.9. The van der Waals surface area contributed by atoms with Crippen molar-refractivity contribution in [1.82, 2.24) is 9.80 Å². The van der Waals surface area contributed by atoms with Crippen LogP contribution in [0.15, 0.2) is 30.3 Å². The fraction of sp³-hybridized carbons (Fsp3) is 0.625. The highest BCUT2D eigenvalue weighted by atomic mass is 16.6. The molecule has 0 saturated heterocycles. The highest BCUT2D eigenvalue weighted by Crippen LogP contribution is 2.21. The Bertz CT molecular complexity index is 722. The number of rotatable bonds is 8. The van der Waals surface area contributed by atoms with Gasteiger partial charge >= 0.3 is 5.97 Å². The molecule has 0 aromatic heterocycles. The number of amides is 2. The van der Waals surface area contributed by atoms with Gasteiger partial charge in [0.15, 0.2) is 0 Å². The van der Waals surface area contributed by atoms with E-state index in [9.17, 15) is 14.4 Å². The van der Waals surface area contributed by atoms with Gasteiger partial charge in [-0.15, -0.1) is 0 Å². The first-order valence-electron chi connectivity index (χ1n) is 10.6. The number of ether oxygens (including phenoxy) is 1. The van der Waals surface area contributed by atoms with E-state index in [1.165, 1.54) is 9.80 Å². The van der Waals surface area contributed by atoms with Crippen LogP contribution in [0.5, 0.6) is 0 Å². The molecule has 30 heavy (non-hydrogen) atoms. The number of nitrogens with zero attached hydrogens (tertiary/aromatic N) is 2. The summed E-state index contributed by atoms with van der Waals surface area (Å²) >= 11 is 0. The SMILES string of the molecule is CC(C)C[C@@H](C(=O)N(C)[C@@H](C(=O)OC(C)(C)C)C(C)C)N(C)C(=O)c1ccccc1. The predicted octanol–water partition coefficient (Wildman–Crippen LogP) is 4.00. The Hall–Kier alpha value is -2.37. The zero-order chi connectivity index (χ0) is 23.2. The number of carbonyl (C=O) groups is 3. The van der Waals surface area contributed by atoms with Gasteiger partial charge in [0.1, 0.15) is 17.7 Å². The maximum absolute atomic E-state index is 13.5. The Morgan fingerprint density at radius 1 is 0.933 bits per heavy atom. The second-order valence-electron chi connectivity index (χ2n) is 9.60. The molecule has 0 bridgehead atoms. The van der Waals surface area contributed by atoms with Gasteiger partial charge in [-0.25, -0.2) is 4.79 Å². The van der Waals surface area contributed by atoms with Crippen molar-refractivity contribution >= 4 is 17.8 Å². The molecule has 1 rings (SSSR count). The molecule has 0 fully saturated rings. The summed E-state index contributed by atoms with van der Waals surface area (Å²) in [6, 6.07) is 7.50. The van der Waals surface area contributed by atoms with Crippen LogP contribution in [0, 0.1) is 11.8 Å². The Balaban J connectivity index is 3.18. The van der Waals surface area contributed by atoms with Crippen LogP contribution >= 0.6 is 0 Å². The van der Waals surface area contributed by atoms with Gasteiger partial charge in [0.05, 0.1) is 0 Å². The second kappa shape index (κ2) is 10.6. The maximum atomic E-state index is 13.5. The van der Waals surface area contributed by atoms with E-state index < -0.39 is 23.7 Å². The molecule has 0 radical (unpaired) electrons. The molecule has 2 amide bonds. The van der Waals surface area contributed by atoms with Crippen LogP contribution in [0.25, 0.3) is 0 Å². The first kappa shape index (κ1) is 25.7. The van der Waals surface area contributed by atoms with Crippen molar-refractivity contribution in [3.05, 3.63) is 35.9 Å². The molecule has 0 aliphatic heterocycles. The molecule has 0 aliphatic carbocycles. The lowest BCUT2D eigenvalue weighted by molar-refractivity contribution is -0.166. The summed E-state index contributed by atoms with van der Waals surface area (Å²) in [7, 11) is 3.26. The Morgan fingerprint density at radius 2 is 1.47 bits per heavy atom. The van der Waals surface area contributed by atoms with E-state index >= 15 is 0 Å². The highest BCUT2D eigenvalue weighted by molar-refractivity contribution is 5.98. The average molecular weight is 419 g/mol. The van der Waals surface area contributed by atoms with Gasteiger partial charge in [0.25, 0.3) is 5.91 Å². The van der Waals surface area contributed by atoms with Crippen LogP contribution in [0.4, 0.5) is 0 Å². The standard InChI is InChI=1S/C24H38N2O4/c1-16(2)15-19(25(8)21(27)18-13-11-10-12-14-18)22(28)26(9)20(17(3)4)23(29)30-24(5,6)7/h10-14,16-17,19-20H,15H2,1-9H3/t19-,20+/m0/s1. The van der Waals surface area contributed by atoms with Crippen LogP contribution in [-0.2, 0) is 14.3 Å². The van der Waals surface area contributed by atoms with E-state index in [-0.39, 0.29) is 23.7 Å². The van der Waals surface area contributed by atoms with Crippen molar-refractivity contribution in [2.45, 2.75) is 72.6 Å².